The first-order chi connectivity index (χ1) is 21.8. The summed E-state index contributed by atoms with van der Waals surface area (Å²) in [5.74, 6) is -1.49. The first-order valence-corrected chi connectivity index (χ1v) is 14.5. The molecule has 8 rings (SSSR count). The second-order valence-corrected chi connectivity index (χ2v) is 11.6. The minimum Gasteiger partial charge on any atom is -0.454 e. The van der Waals surface area contributed by atoms with Gasteiger partial charge in [-0.2, -0.15) is 0 Å². The summed E-state index contributed by atoms with van der Waals surface area (Å²) in [4.78, 5) is 57.1. The second-order valence-electron chi connectivity index (χ2n) is 11.6. The van der Waals surface area contributed by atoms with Crippen molar-refractivity contribution in [1.82, 2.24) is 0 Å². The van der Waals surface area contributed by atoms with E-state index in [0.29, 0.717) is 22.7 Å². The molecule has 0 bridgehead atoms. The summed E-state index contributed by atoms with van der Waals surface area (Å²) >= 11 is 0. The fourth-order valence-corrected chi connectivity index (χ4v) is 7.53. The van der Waals surface area contributed by atoms with Crippen molar-refractivity contribution in [3.8, 4) is 11.5 Å². The van der Waals surface area contributed by atoms with Gasteiger partial charge in [0.1, 0.15) is 11.5 Å². The van der Waals surface area contributed by atoms with Crippen LogP contribution in [0.15, 0.2) is 97.1 Å². The number of amides is 1. The molecule has 0 saturated carbocycles. The summed E-state index contributed by atoms with van der Waals surface area (Å²) in [6.45, 7) is 1.98. The van der Waals surface area contributed by atoms with Crippen LogP contribution in [0.4, 0.5) is 17.1 Å². The lowest BCUT2D eigenvalue weighted by Crippen LogP contribution is -2.51. The van der Waals surface area contributed by atoms with Gasteiger partial charge in [-0.25, -0.2) is 0 Å². The van der Waals surface area contributed by atoms with E-state index in [1.54, 1.807) is 24.3 Å². The highest BCUT2D eigenvalue weighted by atomic mass is 16.7. The molecular formula is C35H25N3O7. The summed E-state index contributed by atoms with van der Waals surface area (Å²) in [7, 11) is 0. The van der Waals surface area contributed by atoms with Gasteiger partial charge in [0.15, 0.2) is 23.1 Å². The van der Waals surface area contributed by atoms with Gasteiger partial charge >= 0.3 is 0 Å². The minimum atomic E-state index is -1.49. The number of nitro benzene ring substituents is 1. The van der Waals surface area contributed by atoms with Gasteiger partial charge in [-0.3, -0.25) is 24.5 Å². The van der Waals surface area contributed by atoms with Crippen LogP contribution in [-0.4, -0.2) is 41.3 Å². The molecule has 10 nitrogen and oxygen atoms in total. The van der Waals surface area contributed by atoms with Crippen molar-refractivity contribution in [2.24, 2.45) is 5.92 Å². The number of nitrogens with zero attached hydrogens (tertiary/aromatic N) is 2. The van der Waals surface area contributed by atoms with E-state index in [1.807, 2.05) is 60.4 Å². The van der Waals surface area contributed by atoms with Gasteiger partial charge in [-0.15, -0.1) is 0 Å². The van der Waals surface area contributed by atoms with Crippen molar-refractivity contribution in [3.63, 3.8) is 0 Å². The van der Waals surface area contributed by atoms with Crippen LogP contribution in [-0.2, 0) is 10.2 Å². The molecule has 4 aliphatic rings. The number of carbonyl (C=O) groups excluding carboxylic acids is 3. The van der Waals surface area contributed by atoms with Gasteiger partial charge < -0.3 is 19.7 Å². The fraction of sp³-hybridized carbons (Fsp3) is 0.171. The Kier molecular flexibility index (Phi) is 5.73. The average molecular weight is 600 g/mol. The number of para-hydroxylation sites is 2. The maximum absolute atomic E-state index is 15.0. The first kappa shape index (κ1) is 26.8. The van der Waals surface area contributed by atoms with E-state index in [1.165, 1.54) is 24.3 Å². The van der Waals surface area contributed by atoms with Crippen molar-refractivity contribution in [3.05, 3.63) is 129 Å². The minimum absolute atomic E-state index is 0.0219. The van der Waals surface area contributed by atoms with Crippen molar-refractivity contribution in [1.29, 1.82) is 0 Å². The van der Waals surface area contributed by atoms with E-state index in [0.717, 1.165) is 16.8 Å². The number of hydrogen-bond donors (Lipinski definition) is 1. The number of benzene rings is 4. The monoisotopic (exact) mass is 599 g/mol. The molecule has 4 heterocycles. The Bertz CT molecular complexity index is 2000. The molecule has 0 aliphatic carbocycles. The normalized spacial score (nSPS) is 23.6. The Labute approximate surface area is 257 Å². The zero-order valence-electron chi connectivity index (χ0n) is 23.9. The van der Waals surface area contributed by atoms with Crippen molar-refractivity contribution in [2.45, 2.75) is 24.4 Å². The molecule has 0 aromatic heterocycles. The molecule has 1 N–H and O–H groups in total. The number of non-ortho nitro benzene ring substituents is 1. The molecule has 1 amide bonds. The fourth-order valence-electron chi connectivity index (χ4n) is 7.53. The van der Waals surface area contributed by atoms with Gasteiger partial charge in [0.05, 0.1) is 16.9 Å². The number of nitro groups is 1. The van der Waals surface area contributed by atoms with Crippen LogP contribution < -0.4 is 19.7 Å². The van der Waals surface area contributed by atoms with Gasteiger partial charge in [-0.05, 0) is 60.5 Å². The van der Waals surface area contributed by atoms with Crippen molar-refractivity contribution < 1.29 is 28.8 Å². The predicted octanol–water partition coefficient (Wildman–Crippen LogP) is 5.57. The Morgan fingerprint density at radius 2 is 1.62 bits per heavy atom. The van der Waals surface area contributed by atoms with E-state index in [2.05, 4.69) is 5.32 Å². The molecule has 222 valence electrons. The van der Waals surface area contributed by atoms with Gasteiger partial charge in [0.25, 0.3) is 5.69 Å². The molecular weight excluding hydrogens is 574 g/mol. The van der Waals surface area contributed by atoms with Crippen LogP contribution >= 0.6 is 0 Å². The van der Waals surface area contributed by atoms with Crippen molar-refractivity contribution in [2.75, 3.05) is 17.0 Å². The van der Waals surface area contributed by atoms with E-state index < -0.39 is 39.9 Å². The van der Waals surface area contributed by atoms with Crippen LogP contribution in [0.1, 0.15) is 38.8 Å². The zero-order valence-corrected chi connectivity index (χ0v) is 23.9. The van der Waals surface area contributed by atoms with Gasteiger partial charge in [0.2, 0.25) is 12.7 Å². The van der Waals surface area contributed by atoms with E-state index in [-0.39, 0.29) is 29.5 Å². The van der Waals surface area contributed by atoms with E-state index >= 15 is 4.79 Å². The third-order valence-electron chi connectivity index (χ3n) is 9.45. The molecule has 10 heteroatoms. The molecule has 4 atom stereocenters. The highest BCUT2D eigenvalue weighted by Crippen LogP contribution is 2.59. The quantitative estimate of drug-likeness (QED) is 0.179. The standard InChI is InChI=1S/C35H25N3O7/c1-19-16-29-35(24-7-3-4-8-25(24)36-34(35)41)30(32(39)21-12-15-27-28(17-21)45-18-44-27)31(37(29)26-9-5-2-6-23(19)26)33(40)20-10-13-22(14-11-20)38(42)43/h2-17,29-31H,18H2,1H3,(H,36,41)/t29-,30-,31-,35+/m0/s1. The van der Waals surface area contributed by atoms with Crippen LogP contribution in [0.2, 0.25) is 0 Å². The highest BCUT2D eigenvalue weighted by molar-refractivity contribution is 6.18. The molecule has 4 aromatic carbocycles. The SMILES string of the molecule is CC1=C[C@@H]2N(c3ccccc31)[C@H](C(=O)c1ccc([N+](=O)[O-])cc1)[C@@H](C(=O)c1ccc3c(c1)OCO3)[C@]21C(=O)Nc2ccccc21. The second kappa shape index (κ2) is 9.62. The summed E-state index contributed by atoms with van der Waals surface area (Å²) in [5.41, 5.74) is 2.56. The summed E-state index contributed by atoms with van der Waals surface area (Å²) in [5, 5.41) is 14.4. The smallest absolute Gasteiger partial charge is 0.269 e. The molecule has 1 saturated heterocycles. The number of nitrogens with one attached hydrogen (secondary N) is 1. The largest absolute Gasteiger partial charge is 0.454 e. The lowest BCUT2D eigenvalue weighted by Gasteiger charge is -2.39. The van der Waals surface area contributed by atoms with E-state index in [4.69, 9.17) is 9.47 Å². The van der Waals surface area contributed by atoms with Crippen LogP contribution in [0, 0.1) is 16.0 Å². The lowest BCUT2D eigenvalue weighted by atomic mass is 9.64. The van der Waals surface area contributed by atoms with Gasteiger partial charge in [0, 0.05) is 40.2 Å². The number of hydrogen-bond acceptors (Lipinski definition) is 8. The average Bonchev–Trinajstić information content (AvgIpc) is 3.73. The van der Waals surface area contributed by atoms with Crippen molar-refractivity contribution >= 4 is 40.1 Å². The van der Waals surface area contributed by atoms with Crippen LogP contribution in [0.25, 0.3) is 5.57 Å². The summed E-state index contributed by atoms with van der Waals surface area (Å²) in [6.07, 6.45) is 1.98. The number of Topliss-reactive ketones (excluding diaryl/α,β-unsaturated/α-hetero) is 2. The Morgan fingerprint density at radius 3 is 2.42 bits per heavy atom. The lowest BCUT2D eigenvalue weighted by molar-refractivity contribution is -0.384. The highest BCUT2D eigenvalue weighted by Gasteiger charge is 2.70. The molecule has 1 fully saturated rings. The van der Waals surface area contributed by atoms with Crippen LogP contribution in [0.5, 0.6) is 11.5 Å². The summed E-state index contributed by atoms with van der Waals surface area (Å²) < 4.78 is 11.1. The number of carbonyl (C=O) groups is 3. The first-order valence-electron chi connectivity index (χ1n) is 14.5. The molecule has 1 spiro atoms. The number of ketones is 2. The molecule has 0 radical (unpaired) electrons. The van der Waals surface area contributed by atoms with Gasteiger partial charge in [-0.1, -0.05) is 42.5 Å². The number of anilines is 2. The Balaban J connectivity index is 1.40. The third kappa shape index (κ3) is 3.65. The molecule has 45 heavy (non-hydrogen) atoms. The van der Waals surface area contributed by atoms with Crippen LogP contribution in [0.3, 0.4) is 0 Å². The maximum atomic E-state index is 15.0. The zero-order chi connectivity index (χ0) is 31.0. The number of rotatable bonds is 5. The number of allylic oxidation sites excluding steroid dienone is 1. The number of ether oxygens (including phenoxy) is 2. The molecule has 4 aromatic rings. The predicted molar refractivity (Wildman–Crippen MR) is 165 cm³/mol. The summed E-state index contributed by atoms with van der Waals surface area (Å²) in [6, 6.07) is 23.3. The molecule has 0 unspecified atom stereocenters. The Morgan fingerprint density at radius 1 is 0.911 bits per heavy atom. The Hall–Kier alpha value is -5.77. The third-order valence-corrected chi connectivity index (χ3v) is 9.45. The maximum Gasteiger partial charge on any atom is 0.269 e. The molecule has 4 aliphatic heterocycles. The van der Waals surface area contributed by atoms with E-state index in [9.17, 15) is 19.7 Å². The number of fused-ring (bicyclic) bond motifs is 7. The topological polar surface area (TPSA) is 128 Å².